The summed E-state index contributed by atoms with van der Waals surface area (Å²) in [6.45, 7) is 5.32. The van der Waals surface area contributed by atoms with Crippen LogP contribution in [-0.2, 0) is 9.53 Å². The molecular formula is C29H24BrClN2O5S. The number of hydrogen-bond donors (Lipinski definition) is 0. The van der Waals surface area contributed by atoms with E-state index in [4.69, 9.17) is 25.5 Å². The molecule has 0 fully saturated rings. The van der Waals surface area contributed by atoms with Crippen molar-refractivity contribution >= 4 is 50.9 Å². The molecule has 4 aromatic rings. The molecule has 1 aliphatic heterocycles. The summed E-state index contributed by atoms with van der Waals surface area (Å²) in [6, 6.07) is 15.7. The molecule has 3 heterocycles. The number of aromatic nitrogens is 1. The van der Waals surface area contributed by atoms with Crippen molar-refractivity contribution in [3.63, 3.8) is 0 Å². The highest BCUT2D eigenvalue weighted by atomic mass is 79.9. The van der Waals surface area contributed by atoms with E-state index in [0.29, 0.717) is 42.9 Å². The van der Waals surface area contributed by atoms with Gasteiger partial charge in [0.15, 0.2) is 4.80 Å². The lowest BCUT2D eigenvalue weighted by molar-refractivity contribution is -0.143. The van der Waals surface area contributed by atoms with Crippen LogP contribution in [0.1, 0.15) is 38.1 Å². The topological polar surface area (TPSA) is 83.0 Å². The summed E-state index contributed by atoms with van der Waals surface area (Å²) in [5.41, 5.74) is 2.09. The van der Waals surface area contributed by atoms with Crippen LogP contribution in [0, 0.1) is 0 Å². The van der Waals surface area contributed by atoms with Crippen LogP contribution in [0.25, 0.3) is 17.4 Å². The number of benzene rings is 2. The third-order valence-corrected chi connectivity index (χ3v) is 8.34. The van der Waals surface area contributed by atoms with E-state index in [1.54, 1.807) is 62.8 Å². The Morgan fingerprint density at radius 1 is 1.18 bits per heavy atom. The SMILES string of the molecule is COc1ccc([C@@H]2C(C(=O)OC(C)C)=C(C)N=c3s/c(=C\c4ccc(-c5ccc(Br)c(Cl)c5)o4)c(=O)n32)cc1. The zero-order valence-electron chi connectivity index (χ0n) is 21.5. The molecule has 0 N–H and O–H groups in total. The maximum Gasteiger partial charge on any atom is 0.338 e. The molecule has 0 amide bonds. The monoisotopic (exact) mass is 626 g/mol. The minimum absolute atomic E-state index is 0.286. The lowest BCUT2D eigenvalue weighted by Crippen LogP contribution is -2.40. The fourth-order valence-corrected chi connectivity index (χ4v) is 5.78. The van der Waals surface area contributed by atoms with Gasteiger partial charge in [-0.3, -0.25) is 9.36 Å². The second-order valence-corrected chi connectivity index (χ2v) is 11.4. The maximum atomic E-state index is 13.8. The third kappa shape index (κ3) is 5.39. The van der Waals surface area contributed by atoms with Gasteiger partial charge in [-0.2, -0.15) is 0 Å². The van der Waals surface area contributed by atoms with Crippen molar-refractivity contribution in [3.8, 4) is 17.1 Å². The van der Waals surface area contributed by atoms with Crippen molar-refractivity contribution in [1.82, 2.24) is 4.57 Å². The molecule has 200 valence electrons. The molecule has 2 aromatic heterocycles. The molecule has 2 aromatic carbocycles. The quantitative estimate of drug-likeness (QED) is 0.250. The van der Waals surface area contributed by atoms with Crippen LogP contribution < -0.4 is 19.6 Å². The Hall–Kier alpha value is -3.40. The normalized spacial score (nSPS) is 15.4. The van der Waals surface area contributed by atoms with E-state index in [2.05, 4.69) is 20.9 Å². The Balaban J connectivity index is 1.62. The summed E-state index contributed by atoms with van der Waals surface area (Å²) in [4.78, 5) is 32.1. The first-order valence-electron chi connectivity index (χ1n) is 12.1. The molecule has 0 radical (unpaired) electrons. The lowest BCUT2D eigenvalue weighted by atomic mass is 9.96. The van der Waals surface area contributed by atoms with Crippen molar-refractivity contribution in [1.29, 1.82) is 0 Å². The number of carbonyl (C=O) groups is 1. The third-order valence-electron chi connectivity index (χ3n) is 6.12. The number of halogens is 2. The number of ether oxygens (including phenoxy) is 2. The van der Waals surface area contributed by atoms with E-state index >= 15 is 0 Å². The van der Waals surface area contributed by atoms with Crippen LogP contribution in [-0.4, -0.2) is 23.8 Å². The Bertz CT molecular complexity index is 1780. The van der Waals surface area contributed by atoms with E-state index in [9.17, 15) is 9.59 Å². The lowest BCUT2D eigenvalue weighted by Gasteiger charge is -2.25. The van der Waals surface area contributed by atoms with Gasteiger partial charge in [-0.05, 0) is 78.7 Å². The minimum atomic E-state index is -0.711. The predicted octanol–water partition coefficient (Wildman–Crippen LogP) is 5.87. The van der Waals surface area contributed by atoms with Gasteiger partial charge in [0.25, 0.3) is 5.56 Å². The number of nitrogens with zero attached hydrogens (tertiary/aromatic N) is 2. The Morgan fingerprint density at radius 2 is 1.92 bits per heavy atom. The Kier molecular flexibility index (Phi) is 7.66. The molecule has 1 atom stereocenters. The fraction of sp³-hybridized carbons (Fsp3) is 0.207. The molecule has 0 saturated heterocycles. The molecular weight excluding hydrogens is 604 g/mol. The van der Waals surface area contributed by atoms with Crippen molar-refractivity contribution in [2.45, 2.75) is 32.9 Å². The number of fused-ring (bicyclic) bond motifs is 1. The first kappa shape index (κ1) is 27.2. The summed E-state index contributed by atoms with van der Waals surface area (Å²) in [7, 11) is 1.58. The van der Waals surface area contributed by atoms with Crippen molar-refractivity contribution in [3.05, 3.63) is 106 Å². The first-order valence-corrected chi connectivity index (χ1v) is 14.1. The molecule has 10 heteroatoms. The highest BCUT2D eigenvalue weighted by Crippen LogP contribution is 2.32. The van der Waals surface area contributed by atoms with Gasteiger partial charge < -0.3 is 13.9 Å². The molecule has 0 spiro atoms. The number of thiazole rings is 1. The van der Waals surface area contributed by atoms with Crippen LogP contribution in [0.15, 0.2) is 84.5 Å². The molecule has 5 rings (SSSR count). The van der Waals surface area contributed by atoms with E-state index < -0.39 is 12.0 Å². The van der Waals surface area contributed by atoms with E-state index in [1.807, 2.05) is 30.3 Å². The van der Waals surface area contributed by atoms with E-state index in [-0.39, 0.29) is 11.7 Å². The van der Waals surface area contributed by atoms with Gasteiger partial charge in [-0.1, -0.05) is 41.1 Å². The first-order chi connectivity index (χ1) is 18.7. The second kappa shape index (κ2) is 11.0. The van der Waals surface area contributed by atoms with Gasteiger partial charge in [0, 0.05) is 16.1 Å². The van der Waals surface area contributed by atoms with Crippen LogP contribution in [0.2, 0.25) is 5.02 Å². The van der Waals surface area contributed by atoms with Crippen LogP contribution >= 0.6 is 38.9 Å². The number of allylic oxidation sites excluding steroid dienone is 1. The van der Waals surface area contributed by atoms with Crippen molar-refractivity contribution in [2.24, 2.45) is 4.99 Å². The molecule has 1 aliphatic rings. The molecule has 39 heavy (non-hydrogen) atoms. The van der Waals surface area contributed by atoms with Gasteiger partial charge in [-0.15, -0.1) is 0 Å². The zero-order valence-corrected chi connectivity index (χ0v) is 24.7. The van der Waals surface area contributed by atoms with Gasteiger partial charge in [0.1, 0.15) is 17.3 Å². The van der Waals surface area contributed by atoms with Crippen molar-refractivity contribution in [2.75, 3.05) is 7.11 Å². The summed E-state index contributed by atoms with van der Waals surface area (Å²) in [5.74, 6) is 1.28. The highest BCUT2D eigenvalue weighted by molar-refractivity contribution is 9.10. The fourth-order valence-electron chi connectivity index (χ4n) is 4.33. The number of furan rings is 1. The van der Waals surface area contributed by atoms with Crippen molar-refractivity contribution < 1.29 is 18.7 Å². The summed E-state index contributed by atoms with van der Waals surface area (Å²) < 4.78 is 19.6. The van der Waals surface area contributed by atoms with E-state index in [1.165, 1.54) is 11.3 Å². The van der Waals surface area contributed by atoms with Gasteiger partial charge in [0.05, 0.1) is 40.1 Å². The summed E-state index contributed by atoms with van der Waals surface area (Å²) in [5, 5.41) is 0.569. The standard InChI is InChI=1S/C29H24BrClN2O5S/c1-15(2)37-28(35)25-16(3)32-29-33(26(25)17-5-8-19(36-4)9-6-17)27(34)24(39-29)14-20-10-12-23(38-20)18-7-11-21(30)22(31)13-18/h5-15,26H,1-4H3/b24-14-/t26-/m1/s1. The van der Waals surface area contributed by atoms with Gasteiger partial charge >= 0.3 is 5.97 Å². The predicted molar refractivity (Wildman–Crippen MR) is 155 cm³/mol. The Labute approximate surface area is 241 Å². The number of hydrogen-bond acceptors (Lipinski definition) is 7. The smallest absolute Gasteiger partial charge is 0.338 e. The molecule has 0 aliphatic carbocycles. The van der Waals surface area contributed by atoms with Crippen LogP contribution in [0.4, 0.5) is 0 Å². The molecule has 0 bridgehead atoms. The number of esters is 1. The summed E-state index contributed by atoms with van der Waals surface area (Å²) in [6.07, 6.45) is 1.36. The number of carbonyl (C=O) groups excluding carboxylic acids is 1. The zero-order chi connectivity index (χ0) is 27.8. The minimum Gasteiger partial charge on any atom is -0.497 e. The highest BCUT2D eigenvalue weighted by Gasteiger charge is 2.33. The average molecular weight is 628 g/mol. The van der Waals surface area contributed by atoms with Crippen LogP contribution in [0.5, 0.6) is 5.75 Å². The number of rotatable bonds is 6. The van der Waals surface area contributed by atoms with Crippen LogP contribution in [0.3, 0.4) is 0 Å². The maximum absolute atomic E-state index is 13.8. The number of methoxy groups -OCH3 is 1. The average Bonchev–Trinajstić information content (AvgIpc) is 3.49. The second-order valence-electron chi connectivity index (χ2n) is 9.14. The van der Waals surface area contributed by atoms with Gasteiger partial charge in [-0.25, -0.2) is 9.79 Å². The Morgan fingerprint density at radius 3 is 2.59 bits per heavy atom. The molecule has 0 saturated carbocycles. The largest absolute Gasteiger partial charge is 0.497 e. The molecule has 0 unspecified atom stereocenters. The van der Waals surface area contributed by atoms with E-state index in [0.717, 1.165) is 15.6 Å². The molecule has 7 nitrogen and oxygen atoms in total. The van der Waals surface area contributed by atoms with Gasteiger partial charge in [0.2, 0.25) is 0 Å². The summed E-state index contributed by atoms with van der Waals surface area (Å²) >= 11 is 10.9.